The summed E-state index contributed by atoms with van der Waals surface area (Å²) in [6.45, 7) is 1.36. The molecule has 0 atom stereocenters. The van der Waals surface area contributed by atoms with Gasteiger partial charge in [-0.05, 0) is 30.5 Å². The zero-order valence-corrected chi connectivity index (χ0v) is 14.1. The van der Waals surface area contributed by atoms with E-state index in [0.717, 1.165) is 36.1 Å². The summed E-state index contributed by atoms with van der Waals surface area (Å²) in [5, 5.41) is 13.6. The van der Waals surface area contributed by atoms with Crippen LogP contribution in [0.15, 0.2) is 41.3 Å². The van der Waals surface area contributed by atoms with E-state index in [9.17, 15) is 9.59 Å². The van der Waals surface area contributed by atoms with Crippen molar-refractivity contribution in [2.24, 2.45) is 0 Å². The topological polar surface area (TPSA) is 94.3 Å². The van der Waals surface area contributed by atoms with E-state index in [2.05, 4.69) is 16.2 Å². The second-order valence-electron chi connectivity index (χ2n) is 6.49. The smallest absolute Gasteiger partial charge is 0.251 e. The molecule has 1 aliphatic heterocycles. The molecule has 3 aromatic rings. The van der Waals surface area contributed by atoms with Crippen LogP contribution in [0, 0.1) is 11.3 Å². The Kier molecular flexibility index (Phi) is 4.01. The van der Waals surface area contributed by atoms with Crippen LogP contribution in [0.1, 0.15) is 30.0 Å². The van der Waals surface area contributed by atoms with E-state index in [1.54, 1.807) is 33.8 Å². The van der Waals surface area contributed by atoms with Crippen molar-refractivity contribution in [2.75, 3.05) is 13.1 Å². The lowest BCUT2D eigenvalue weighted by Crippen LogP contribution is -2.32. The number of aromatic amines is 1. The van der Waals surface area contributed by atoms with Crippen LogP contribution in [0.5, 0.6) is 0 Å². The number of piperidine rings is 1. The number of nitrogens with one attached hydrogen (secondary N) is 1. The summed E-state index contributed by atoms with van der Waals surface area (Å²) >= 11 is 0. The number of benzene rings is 1. The summed E-state index contributed by atoms with van der Waals surface area (Å²) in [6.07, 6.45) is 4.19. The highest BCUT2D eigenvalue weighted by molar-refractivity contribution is 5.77. The third-order valence-corrected chi connectivity index (χ3v) is 4.93. The van der Waals surface area contributed by atoms with Gasteiger partial charge in [0.05, 0.1) is 23.5 Å². The number of aromatic nitrogens is 3. The third kappa shape index (κ3) is 2.75. The molecule has 4 rings (SSSR count). The van der Waals surface area contributed by atoms with Crippen LogP contribution < -0.4 is 5.56 Å². The number of nitriles is 1. The van der Waals surface area contributed by atoms with Gasteiger partial charge in [0, 0.05) is 30.6 Å². The van der Waals surface area contributed by atoms with Crippen molar-refractivity contribution >= 4 is 12.1 Å². The minimum Gasteiger partial charge on any atom is -0.345 e. The Bertz CT molecular complexity index is 1070. The van der Waals surface area contributed by atoms with Gasteiger partial charge in [-0.2, -0.15) is 10.4 Å². The minimum atomic E-state index is -0.177. The summed E-state index contributed by atoms with van der Waals surface area (Å²) in [6, 6.07) is 11.0. The van der Waals surface area contributed by atoms with Crippen LogP contribution in [0.3, 0.4) is 0 Å². The van der Waals surface area contributed by atoms with Gasteiger partial charge in [0.2, 0.25) is 6.41 Å². The van der Waals surface area contributed by atoms with Gasteiger partial charge in [0.15, 0.2) is 0 Å². The fourth-order valence-corrected chi connectivity index (χ4v) is 3.57. The number of hydrogen-bond acceptors (Lipinski definition) is 4. The molecule has 0 radical (unpaired) electrons. The van der Waals surface area contributed by atoms with Crippen molar-refractivity contribution < 1.29 is 4.79 Å². The van der Waals surface area contributed by atoms with Crippen molar-refractivity contribution in [3.05, 3.63) is 58.1 Å². The fraction of sp³-hybridized carbons (Fsp3) is 0.263. The van der Waals surface area contributed by atoms with E-state index in [0.29, 0.717) is 24.3 Å². The second kappa shape index (κ2) is 6.48. The van der Waals surface area contributed by atoms with Gasteiger partial charge < -0.3 is 9.88 Å². The average molecular weight is 347 g/mol. The molecule has 7 nitrogen and oxygen atoms in total. The highest BCUT2D eigenvalue weighted by Crippen LogP contribution is 2.29. The number of likely N-dealkylation sites (tertiary alicyclic amines) is 1. The Balaban J connectivity index is 1.80. The molecule has 7 heteroatoms. The summed E-state index contributed by atoms with van der Waals surface area (Å²) < 4.78 is 1.77. The summed E-state index contributed by atoms with van der Waals surface area (Å²) in [4.78, 5) is 27.8. The fourth-order valence-electron chi connectivity index (χ4n) is 3.57. The van der Waals surface area contributed by atoms with Gasteiger partial charge >= 0.3 is 0 Å². The molecule has 0 saturated carbocycles. The molecule has 1 aliphatic rings. The lowest BCUT2D eigenvalue weighted by atomic mass is 9.93. The largest absolute Gasteiger partial charge is 0.345 e. The lowest BCUT2D eigenvalue weighted by Gasteiger charge is -2.29. The van der Waals surface area contributed by atoms with Crippen LogP contribution in [-0.2, 0) is 4.79 Å². The zero-order chi connectivity index (χ0) is 18.1. The predicted octanol–water partition coefficient (Wildman–Crippen LogP) is 1.90. The Morgan fingerprint density at radius 1 is 1.27 bits per heavy atom. The Hall–Kier alpha value is -3.40. The van der Waals surface area contributed by atoms with Crippen LogP contribution >= 0.6 is 0 Å². The van der Waals surface area contributed by atoms with Crippen molar-refractivity contribution in [1.29, 1.82) is 5.26 Å². The highest BCUT2D eigenvalue weighted by atomic mass is 16.1. The zero-order valence-electron chi connectivity index (χ0n) is 14.1. The first-order valence-corrected chi connectivity index (χ1v) is 8.50. The van der Waals surface area contributed by atoms with Crippen molar-refractivity contribution in [3.8, 4) is 17.2 Å². The SMILES string of the molecule is N#Cc1cccc(-c2cnn3c(C4CCN(C=O)CC4)cc(=O)[nH]c23)c1. The minimum absolute atomic E-state index is 0.175. The van der Waals surface area contributed by atoms with Crippen LogP contribution in [0.2, 0.25) is 0 Å². The molecule has 0 bridgehead atoms. The monoisotopic (exact) mass is 347 g/mol. The summed E-state index contributed by atoms with van der Waals surface area (Å²) in [7, 11) is 0. The molecule has 1 N–H and O–H groups in total. The Morgan fingerprint density at radius 3 is 2.81 bits per heavy atom. The van der Waals surface area contributed by atoms with E-state index in [-0.39, 0.29) is 11.5 Å². The van der Waals surface area contributed by atoms with Gasteiger partial charge in [-0.3, -0.25) is 9.59 Å². The van der Waals surface area contributed by atoms with Crippen LogP contribution in [0.4, 0.5) is 0 Å². The maximum Gasteiger partial charge on any atom is 0.251 e. The highest BCUT2D eigenvalue weighted by Gasteiger charge is 2.23. The average Bonchev–Trinajstić information content (AvgIpc) is 3.11. The molecule has 1 amide bonds. The maximum atomic E-state index is 12.3. The molecule has 0 aliphatic carbocycles. The molecule has 26 heavy (non-hydrogen) atoms. The number of H-pyrrole nitrogens is 1. The third-order valence-electron chi connectivity index (χ3n) is 4.93. The van der Waals surface area contributed by atoms with E-state index >= 15 is 0 Å². The van der Waals surface area contributed by atoms with Gasteiger partial charge in [0.25, 0.3) is 5.56 Å². The number of carbonyl (C=O) groups is 1. The summed E-state index contributed by atoms with van der Waals surface area (Å²) in [5.74, 6) is 0.175. The quantitative estimate of drug-likeness (QED) is 0.732. The Morgan fingerprint density at radius 2 is 2.08 bits per heavy atom. The van der Waals surface area contributed by atoms with E-state index in [1.165, 1.54) is 0 Å². The lowest BCUT2D eigenvalue weighted by molar-refractivity contribution is -0.119. The molecule has 1 aromatic carbocycles. The number of fused-ring (bicyclic) bond motifs is 1. The van der Waals surface area contributed by atoms with Crippen LogP contribution in [-0.4, -0.2) is 39.0 Å². The molecule has 2 aromatic heterocycles. The summed E-state index contributed by atoms with van der Waals surface area (Å²) in [5.41, 5.74) is 3.48. The Labute approximate surface area is 149 Å². The predicted molar refractivity (Wildman–Crippen MR) is 95.6 cm³/mol. The first-order valence-electron chi connectivity index (χ1n) is 8.50. The van der Waals surface area contributed by atoms with Crippen LogP contribution in [0.25, 0.3) is 16.8 Å². The standard InChI is InChI=1S/C19H17N5O2/c20-10-13-2-1-3-15(8-13)16-11-21-24-17(9-18(26)22-19(16)24)14-4-6-23(12-25)7-5-14/h1-3,8-9,11-12,14H,4-7H2,(H,22,26). The van der Waals surface area contributed by atoms with Crippen molar-refractivity contribution in [3.63, 3.8) is 0 Å². The number of rotatable bonds is 3. The van der Waals surface area contributed by atoms with Gasteiger partial charge in [-0.15, -0.1) is 0 Å². The first-order chi connectivity index (χ1) is 12.7. The number of nitrogens with zero attached hydrogens (tertiary/aromatic N) is 4. The number of hydrogen-bond donors (Lipinski definition) is 1. The number of amides is 1. The van der Waals surface area contributed by atoms with E-state index in [4.69, 9.17) is 5.26 Å². The van der Waals surface area contributed by atoms with Gasteiger partial charge in [-0.25, -0.2) is 4.52 Å². The molecule has 0 spiro atoms. The maximum absolute atomic E-state index is 12.3. The molecular formula is C19H17N5O2. The van der Waals surface area contributed by atoms with Gasteiger partial charge in [-0.1, -0.05) is 12.1 Å². The number of carbonyl (C=O) groups excluding carboxylic acids is 1. The molecule has 130 valence electrons. The van der Waals surface area contributed by atoms with E-state index in [1.807, 2.05) is 12.1 Å². The van der Waals surface area contributed by atoms with E-state index < -0.39 is 0 Å². The molecule has 3 heterocycles. The first kappa shape index (κ1) is 16.1. The normalized spacial score (nSPS) is 15.1. The second-order valence-corrected chi connectivity index (χ2v) is 6.49. The molecule has 1 saturated heterocycles. The van der Waals surface area contributed by atoms with Crippen molar-refractivity contribution in [1.82, 2.24) is 19.5 Å². The molecular weight excluding hydrogens is 330 g/mol. The van der Waals surface area contributed by atoms with Gasteiger partial charge in [0.1, 0.15) is 5.65 Å². The molecule has 0 unspecified atom stereocenters. The van der Waals surface area contributed by atoms with Crippen molar-refractivity contribution in [2.45, 2.75) is 18.8 Å². The molecule has 1 fully saturated rings.